The lowest BCUT2D eigenvalue weighted by Gasteiger charge is -2.30. The van der Waals surface area contributed by atoms with Crippen LogP contribution >= 0.6 is 0 Å². The maximum absolute atomic E-state index is 6.02. The van der Waals surface area contributed by atoms with Gasteiger partial charge < -0.3 is 25.0 Å². The van der Waals surface area contributed by atoms with Crippen molar-refractivity contribution in [3.8, 4) is 28.3 Å². The van der Waals surface area contributed by atoms with E-state index in [0.717, 1.165) is 70.0 Å². The third-order valence-electron chi connectivity index (χ3n) is 8.83. The van der Waals surface area contributed by atoms with Crippen molar-refractivity contribution in [2.75, 3.05) is 18.1 Å². The fourth-order valence-electron chi connectivity index (χ4n) is 6.60. The lowest BCUT2D eigenvalue weighted by molar-refractivity contribution is 0.297. The number of nitrogens with one attached hydrogen (secondary N) is 3. The fraction of sp³-hybridized carbons (Fsp3) is 0.308. The van der Waals surface area contributed by atoms with Gasteiger partial charge in [-0.3, -0.25) is 4.99 Å². The molecule has 4 heterocycles. The van der Waals surface area contributed by atoms with E-state index in [2.05, 4.69) is 119 Å². The van der Waals surface area contributed by atoms with E-state index in [1.807, 2.05) is 13.8 Å². The van der Waals surface area contributed by atoms with E-state index in [0.29, 0.717) is 13.2 Å². The first kappa shape index (κ1) is 32.8. The van der Waals surface area contributed by atoms with Crippen LogP contribution in [0.5, 0.6) is 5.75 Å². The lowest BCUT2D eigenvalue weighted by Crippen LogP contribution is -2.37. The van der Waals surface area contributed by atoms with Gasteiger partial charge in [0.1, 0.15) is 24.0 Å². The van der Waals surface area contributed by atoms with Gasteiger partial charge in [0, 0.05) is 28.9 Å². The van der Waals surface area contributed by atoms with Gasteiger partial charge in [0.15, 0.2) is 0 Å². The summed E-state index contributed by atoms with van der Waals surface area (Å²) in [5, 5.41) is 5.06. The summed E-state index contributed by atoms with van der Waals surface area (Å²) in [7, 11) is 0. The van der Waals surface area contributed by atoms with Crippen LogP contribution in [0.15, 0.2) is 65.3 Å². The van der Waals surface area contributed by atoms with Crippen molar-refractivity contribution in [1.82, 2.24) is 25.3 Å². The first-order chi connectivity index (χ1) is 23.1. The summed E-state index contributed by atoms with van der Waals surface area (Å²) in [6.45, 7) is 18.0. The van der Waals surface area contributed by atoms with Gasteiger partial charge in [-0.05, 0) is 102 Å². The van der Waals surface area contributed by atoms with Gasteiger partial charge >= 0.3 is 0 Å². The van der Waals surface area contributed by atoms with Crippen LogP contribution in [0, 0.1) is 34.6 Å². The standard InChI is InChI=1S/C14H16N2.C13H18N4.C12H12N2O/c1-9-6-7-12-11(8-9)4-3-5-13-14(12)16-10(2)15-13;1-4-16-13-10-6-5-9(2)7-12(10)17(14)8-11(13)15-3;1-7-3-4-9-11(5-7)15-6-10-12(9)14-8(2)13-10/h6-8H,3-5H2,1-2H3,(H,15,16);5-7,16H,3-4,8,14H2,1-2H3;3-5H,6H2,1-2H3,(H,13,14). The smallest absolute Gasteiger partial charge is 0.130 e. The van der Waals surface area contributed by atoms with Crippen molar-refractivity contribution in [3.63, 3.8) is 0 Å². The van der Waals surface area contributed by atoms with E-state index in [9.17, 15) is 0 Å². The van der Waals surface area contributed by atoms with Crippen LogP contribution in [-0.4, -0.2) is 39.7 Å². The molecule has 9 heteroatoms. The molecule has 248 valence electrons. The normalized spacial score (nSPS) is 13.9. The van der Waals surface area contributed by atoms with Gasteiger partial charge in [0.2, 0.25) is 0 Å². The molecule has 0 unspecified atom stereocenters. The molecule has 0 amide bonds. The molecule has 0 radical (unpaired) electrons. The zero-order valence-corrected chi connectivity index (χ0v) is 28.9. The molecule has 5 N–H and O–H groups in total. The van der Waals surface area contributed by atoms with Gasteiger partial charge in [-0.1, -0.05) is 42.0 Å². The highest BCUT2D eigenvalue weighted by atomic mass is 16.5. The van der Waals surface area contributed by atoms with E-state index in [-0.39, 0.29) is 0 Å². The predicted molar refractivity (Wildman–Crippen MR) is 196 cm³/mol. The second-order valence-corrected chi connectivity index (χ2v) is 12.8. The molecule has 2 aromatic heterocycles. The Bertz CT molecular complexity index is 2000. The lowest BCUT2D eigenvalue weighted by atomic mass is 10.0. The van der Waals surface area contributed by atoms with Crippen LogP contribution in [0.25, 0.3) is 28.2 Å². The number of benzene rings is 3. The summed E-state index contributed by atoms with van der Waals surface area (Å²) in [6.07, 6.45) is 3.50. The van der Waals surface area contributed by atoms with Crippen molar-refractivity contribution >= 4 is 18.1 Å². The highest BCUT2D eigenvalue weighted by Crippen LogP contribution is 2.37. The van der Waals surface area contributed by atoms with E-state index in [1.54, 1.807) is 5.01 Å². The molecule has 48 heavy (non-hydrogen) atoms. The van der Waals surface area contributed by atoms with E-state index < -0.39 is 0 Å². The molecule has 0 fully saturated rings. The Kier molecular flexibility index (Phi) is 9.50. The maximum Gasteiger partial charge on any atom is 0.130 e. The second kappa shape index (κ2) is 13.9. The zero-order chi connectivity index (χ0) is 33.9. The quantitative estimate of drug-likeness (QED) is 0.120. The predicted octanol–water partition coefficient (Wildman–Crippen LogP) is 7.44. The summed E-state index contributed by atoms with van der Waals surface area (Å²) in [6, 6.07) is 19.2. The number of hydrogen-bond donors (Lipinski definition) is 4. The maximum atomic E-state index is 6.02. The molecular formula is C39H46N8O. The van der Waals surface area contributed by atoms with Crippen LogP contribution in [0.1, 0.15) is 64.2 Å². The van der Waals surface area contributed by atoms with Crippen LogP contribution in [0.2, 0.25) is 0 Å². The van der Waals surface area contributed by atoms with Crippen LogP contribution in [-0.2, 0) is 19.4 Å². The Morgan fingerprint density at radius 1 is 0.833 bits per heavy atom. The number of aromatic nitrogens is 4. The number of nitrogens with zero attached hydrogens (tertiary/aromatic N) is 4. The molecule has 1 aliphatic carbocycles. The van der Waals surface area contributed by atoms with Gasteiger partial charge in [0.05, 0.1) is 40.7 Å². The number of aliphatic imine (C=N–C) groups is 1. The van der Waals surface area contributed by atoms with Crippen molar-refractivity contribution in [2.24, 2.45) is 10.8 Å². The van der Waals surface area contributed by atoms with Crippen molar-refractivity contribution < 1.29 is 4.74 Å². The number of aromatic amines is 2. The minimum Gasteiger partial charge on any atom is -0.487 e. The summed E-state index contributed by atoms with van der Waals surface area (Å²) >= 11 is 0. The summed E-state index contributed by atoms with van der Waals surface area (Å²) < 4.78 is 5.67. The number of rotatable bonds is 3. The molecule has 8 rings (SSSR count). The third-order valence-corrected chi connectivity index (χ3v) is 8.83. The SMILES string of the molecule is C=NC1=C(NCC)c2ccc(C)cc2N(N)C1.Cc1ccc2c(c1)CCCc1[nH]c(C)nc1-2.Cc1ccc2c(c1)OCc1[nH]c(C)nc1-2. The van der Waals surface area contributed by atoms with Crippen molar-refractivity contribution in [3.05, 3.63) is 111 Å². The number of imidazole rings is 2. The molecule has 0 bridgehead atoms. The first-order valence-corrected chi connectivity index (χ1v) is 16.7. The molecule has 5 aromatic rings. The molecule has 0 atom stereocenters. The Morgan fingerprint density at radius 3 is 2.17 bits per heavy atom. The zero-order valence-electron chi connectivity index (χ0n) is 28.9. The van der Waals surface area contributed by atoms with E-state index >= 15 is 0 Å². The summed E-state index contributed by atoms with van der Waals surface area (Å²) in [5.74, 6) is 8.93. The van der Waals surface area contributed by atoms with Gasteiger partial charge in [-0.15, -0.1) is 0 Å². The average molecular weight is 643 g/mol. The number of hydrazine groups is 1. The van der Waals surface area contributed by atoms with Gasteiger partial charge in [-0.25, -0.2) is 15.8 Å². The minimum absolute atomic E-state index is 0.586. The number of anilines is 1. The number of hydrogen-bond acceptors (Lipinski definition) is 7. The van der Waals surface area contributed by atoms with E-state index in [4.69, 9.17) is 10.6 Å². The molecule has 9 nitrogen and oxygen atoms in total. The van der Waals surface area contributed by atoms with Gasteiger partial charge in [0.25, 0.3) is 0 Å². The molecule has 3 aliphatic rings. The summed E-state index contributed by atoms with van der Waals surface area (Å²) in [4.78, 5) is 19.8. The number of ether oxygens (including phenoxy) is 1. The molecule has 3 aromatic carbocycles. The molecule has 2 aliphatic heterocycles. The number of fused-ring (bicyclic) bond motifs is 7. The highest BCUT2D eigenvalue weighted by Gasteiger charge is 2.23. The van der Waals surface area contributed by atoms with Crippen molar-refractivity contribution in [2.45, 2.75) is 67.4 Å². The van der Waals surface area contributed by atoms with Crippen LogP contribution < -0.4 is 20.9 Å². The minimum atomic E-state index is 0.586. The molecule has 0 spiro atoms. The third kappa shape index (κ3) is 6.78. The Hall–Kier alpha value is -5.15. The molecular weight excluding hydrogens is 596 g/mol. The Labute approximate surface area is 283 Å². The number of nitrogens with two attached hydrogens (primary N) is 1. The number of H-pyrrole nitrogens is 2. The van der Waals surface area contributed by atoms with Crippen LogP contribution in [0.3, 0.4) is 0 Å². The second-order valence-electron chi connectivity index (χ2n) is 12.8. The summed E-state index contributed by atoms with van der Waals surface area (Å²) in [5.41, 5.74) is 16.3. The topological polar surface area (TPSA) is 120 Å². The van der Waals surface area contributed by atoms with Gasteiger partial charge in [-0.2, -0.15) is 0 Å². The molecule has 0 saturated carbocycles. The van der Waals surface area contributed by atoms with E-state index in [1.165, 1.54) is 52.0 Å². The highest BCUT2D eigenvalue weighted by molar-refractivity contribution is 5.82. The Morgan fingerprint density at radius 2 is 1.46 bits per heavy atom. The fourth-order valence-corrected chi connectivity index (χ4v) is 6.60. The largest absolute Gasteiger partial charge is 0.487 e. The number of aryl methyl sites for hydroxylation is 7. The Balaban J connectivity index is 0.000000126. The monoisotopic (exact) mass is 642 g/mol. The first-order valence-electron chi connectivity index (χ1n) is 16.7. The average Bonchev–Trinajstić information content (AvgIpc) is 3.59. The molecule has 0 saturated heterocycles. The van der Waals surface area contributed by atoms with Crippen LogP contribution in [0.4, 0.5) is 5.69 Å². The van der Waals surface area contributed by atoms with Crippen molar-refractivity contribution in [1.29, 1.82) is 0 Å².